The van der Waals surface area contributed by atoms with Gasteiger partial charge in [0.1, 0.15) is 5.60 Å². The number of aromatic nitrogens is 1. The van der Waals surface area contributed by atoms with E-state index in [-0.39, 0.29) is 12.1 Å². The number of nitrogens with zero attached hydrogens (tertiary/aromatic N) is 2. The van der Waals surface area contributed by atoms with Crippen molar-refractivity contribution in [3.63, 3.8) is 0 Å². The van der Waals surface area contributed by atoms with E-state index >= 15 is 0 Å². The average Bonchev–Trinajstić information content (AvgIpc) is 2.85. The molecule has 5 heteroatoms. The van der Waals surface area contributed by atoms with Crippen LogP contribution in [0, 0.1) is 0 Å². The molecule has 0 aromatic carbocycles. The fourth-order valence-electron chi connectivity index (χ4n) is 2.46. The smallest absolute Gasteiger partial charge is 0.410 e. The number of hydrogen-bond donors (Lipinski definition) is 0. The van der Waals surface area contributed by atoms with Crippen LogP contribution in [-0.4, -0.2) is 35.2 Å². The van der Waals surface area contributed by atoms with Crippen LogP contribution in [0.1, 0.15) is 45.2 Å². The van der Waals surface area contributed by atoms with E-state index in [0.29, 0.717) is 12.4 Å². The number of amides is 1. The van der Waals surface area contributed by atoms with Gasteiger partial charge < -0.3 is 14.4 Å². The first-order valence-electron chi connectivity index (χ1n) is 6.91. The Hall–Kier alpha value is -1.78. The van der Waals surface area contributed by atoms with E-state index in [1.165, 1.54) is 0 Å². The zero-order valence-electron chi connectivity index (χ0n) is 12.5. The van der Waals surface area contributed by atoms with Crippen molar-refractivity contribution in [3.8, 4) is 5.88 Å². The number of likely N-dealkylation sites (tertiary alicyclic amines) is 1. The summed E-state index contributed by atoms with van der Waals surface area (Å²) in [7, 11) is 1.60. The lowest BCUT2D eigenvalue weighted by Gasteiger charge is -2.29. The molecule has 2 rings (SSSR count). The summed E-state index contributed by atoms with van der Waals surface area (Å²) in [4.78, 5) is 18.3. The summed E-state index contributed by atoms with van der Waals surface area (Å²) >= 11 is 0. The van der Waals surface area contributed by atoms with Gasteiger partial charge in [-0.3, -0.25) is 0 Å². The molecule has 1 aromatic rings. The van der Waals surface area contributed by atoms with Gasteiger partial charge in [-0.1, -0.05) is 6.07 Å². The van der Waals surface area contributed by atoms with Gasteiger partial charge in [0, 0.05) is 18.3 Å². The van der Waals surface area contributed by atoms with Gasteiger partial charge in [0.25, 0.3) is 0 Å². The summed E-state index contributed by atoms with van der Waals surface area (Å²) in [6, 6.07) is 3.80. The predicted octanol–water partition coefficient (Wildman–Crippen LogP) is 3.16. The molecular formula is C15H22N2O3. The minimum absolute atomic E-state index is 0.0199. The third-order valence-electron chi connectivity index (χ3n) is 3.23. The summed E-state index contributed by atoms with van der Waals surface area (Å²) in [5, 5.41) is 0. The summed E-state index contributed by atoms with van der Waals surface area (Å²) in [6.07, 6.45) is 3.28. The van der Waals surface area contributed by atoms with Gasteiger partial charge in [0.05, 0.1) is 13.2 Å². The van der Waals surface area contributed by atoms with E-state index in [1.54, 1.807) is 18.2 Å². The number of hydrogen-bond acceptors (Lipinski definition) is 4. The number of methoxy groups -OCH3 is 1. The van der Waals surface area contributed by atoms with Crippen LogP contribution in [-0.2, 0) is 4.74 Å². The Morgan fingerprint density at radius 1 is 1.45 bits per heavy atom. The third-order valence-corrected chi connectivity index (χ3v) is 3.23. The summed E-state index contributed by atoms with van der Waals surface area (Å²) in [6.45, 7) is 6.33. The van der Waals surface area contributed by atoms with Crippen LogP contribution in [0.2, 0.25) is 0 Å². The summed E-state index contributed by atoms with van der Waals surface area (Å²) < 4.78 is 10.8. The first kappa shape index (κ1) is 14.6. The van der Waals surface area contributed by atoms with Crippen molar-refractivity contribution in [2.45, 2.75) is 45.3 Å². The van der Waals surface area contributed by atoms with E-state index in [0.717, 1.165) is 18.4 Å². The molecule has 1 saturated heterocycles. The van der Waals surface area contributed by atoms with Crippen LogP contribution in [0.3, 0.4) is 0 Å². The molecule has 0 spiro atoms. The second kappa shape index (κ2) is 5.69. The molecule has 0 unspecified atom stereocenters. The molecule has 20 heavy (non-hydrogen) atoms. The van der Waals surface area contributed by atoms with Crippen molar-refractivity contribution >= 4 is 6.09 Å². The minimum atomic E-state index is -0.483. The quantitative estimate of drug-likeness (QED) is 0.833. The fraction of sp³-hybridized carbons (Fsp3) is 0.600. The Balaban J connectivity index is 2.21. The SMILES string of the molecule is COc1ncccc1[C@H]1CCCN1C(=O)OC(C)(C)C. The molecule has 1 aliphatic heterocycles. The average molecular weight is 278 g/mol. The van der Waals surface area contributed by atoms with E-state index in [9.17, 15) is 4.79 Å². The summed E-state index contributed by atoms with van der Waals surface area (Å²) in [5.74, 6) is 0.577. The number of carbonyl (C=O) groups is 1. The Morgan fingerprint density at radius 3 is 2.85 bits per heavy atom. The predicted molar refractivity (Wildman–Crippen MR) is 75.7 cm³/mol. The van der Waals surface area contributed by atoms with Crippen molar-refractivity contribution in [3.05, 3.63) is 23.9 Å². The molecule has 1 atom stereocenters. The van der Waals surface area contributed by atoms with Gasteiger partial charge in [-0.25, -0.2) is 9.78 Å². The number of carbonyl (C=O) groups excluding carboxylic acids is 1. The Morgan fingerprint density at radius 2 is 2.20 bits per heavy atom. The van der Waals surface area contributed by atoms with Gasteiger partial charge in [-0.15, -0.1) is 0 Å². The Bertz CT molecular complexity index is 482. The van der Waals surface area contributed by atoms with Crippen LogP contribution in [0.15, 0.2) is 18.3 Å². The second-order valence-corrected chi connectivity index (χ2v) is 5.93. The Kier molecular flexibility index (Phi) is 4.16. The molecule has 2 heterocycles. The number of ether oxygens (including phenoxy) is 2. The maximum atomic E-state index is 12.3. The van der Waals surface area contributed by atoms with Gasteiger partial charge in [0.15, 0.2) is 0 Å². The monoisotopic (exact) mass is 278 g/mol. The van der Waals surface area contributed by atoms with Crippen molar-refractivity contribution in [1.82, 2.24) is 9.88 Å². The van der Waals surface area contributed by atoms with Crippen LogP contribution in [0.5, 0.6) is 5.88 Å². The maximum absolute atomic E-state index is 12.3. The lowest BCUT2D eigenvalue weighted by Crippen LogP contribution is -2.36. The lowest BCUT2D eigenvalue weighted by atomic mass is 10.1. The van der Waals surface area contributed by atoms with Crippen molar-refractivity contribution in [1.29, 1.82) is 0 Å². The molecule has 1 aromatic heterocycles. The van der Waals surface area contributed by atoms with Gasteiger partial charge in [-0.2, -0.15) is 0 Å². The van der Waals surface area contributed by atoms with Gasteiger partial charge >= 0.3 is 6.09 Å². The molecule has 1 fully saturated rings. The molecule has 1 amide bonds. The topological polar surface area (TPSA) is 51.7 Å². The maximum Gasteiger partial charge on any atom is 0.410 e. The van der Waals surface area contributed by atoms with Gasteiger partial charge in [-0.05, 0) is 39.7 Å². The highest BCUT2D eigenvalue weighted by Crippen LogP contribution is 2.36. The van der Waals surface area contributed by atoms with Crippen LogP contribution < -0.4 is 4.74 Å². The van der Waals surface area contributed by atoms with Crippen LogP contribution in [0.4, 0.5) is 4.79 Å². The second-order valence-electron chi connectivity index (χ2n) is 5.93. The molecule has 1 aliphatic rings. The number of pyridine rings is 1. The molecule has 0 bridgehead atoms. The zero-order valence-corrected chi connectivity index (χ0v) is 12.5. The molecule has 110 valence electrons. The molecular weight excluding hydrogens is 256 g/mol. The van der Waals surface area contributed by atoms with Crippen molar-refractivity contribution < 1.29 is 14.3 Å². The fourth-order valence-corrected chi connectivity index (χ4v) is 2.46. The highest BCUT2D eigenvalue weighted by Gasteiger charge is 2.34. The number of rotatable bonds is 2. The zero-order chi connectivity index (χ0) is 14.8. The van der Waals surface area contributed by atoms with Crippen molar-refractivity contribution in [2.24, 2.45) is 0 Å². The standard InChI is InChI=1S/C15H22N2O3/c1-15(2,3)20-14(18)17-10-6-8-12(17)11-7-5-9-16-13(11)19-4/h5,7,9,12H,6,8,10H2,1-4H3/t12-/m1/s1. The first-order valence-corrected chi connectivity index (χ1v) is 6.91. The molecule has 0 saturated carbocycles. The third kappa shape index (κ3) is 3.21. The normalized spacial score (nSPS) is 19.0. The molecule has 5 nitrogen and oxygen atoms in total. The molecule has 0 N–H and O–H groups in total. The van der Waals surface area contributed by atoms with E-state index in [2.05, 4.69) is 4.98 Å². The van der Waals surface area contributed by atoms with Crippen molar-refractivity contribution in [2.75, 3.05) is 13.7 Å². The highest BCUT2D eigenvalue weighted by atomic mass is 16.6. The molecule has 0 aliphatic carbocycles. The molecule has 0 radical (unpaired) electrons. The van der Waals surface area contributed by atoms with Crippen LogP contribution >= 0.6 is 0 Å². The minimum Gasteiger partial charge on any atom is -0.481 e. The van der Waals surface area contributed by atoms with E-state index < -0.39 is 5.60 Å². The Labute approximate surface area is 119 Å². The first-order chi connectivity index (χ1) is 9.42. The highest BCUT2D eigenvalue weighted by molar-refractivity contribution is 5.69. The van der Waals surface area contributed by atoms with E-state index in [4.69, 9.17) is 9.47 Å². The largest absolute Gasteiger partial charge is 0.481 e. The summed E-state index contributed by atoms with van der Waals surface area (Å²) in [5.41, 5.74) is 0.460. The van der Waals surface area contributed by atoms with Crippen LogP contribution in [0.25, 0.3) is 0 Å². The lowest BCUT2D eigenvalue weighted by molar-refractivity contribution is 0.0223. The van der Waals surface area contributed by atoms with E-state index in [1.807, 2.05) is 32.9 Å². The van der Waals surface area contributed by atoms with Gasteiger partial charge in [0.2, 0.25) is 5.88 Å².